The van der Waals surface area contributed by atoms with E-state index in [1.165, 1.54) is 6.33 Å². The molecule has 0 aliphatic carbocycles. The van der Waals surface area contributed by atoms with E-state index in [0.29, 0.717) is 41.2 Å². The smallest absolute Gasteiger partial charge is 0.327 e. The van der Waals surface area contributed by atoms with Gasteiger partial charge < -0.3 is 20.6 Å². The van der Waals surface area contributed by atoms with Gasteiger partial charge in [-0.1, -0.05) is 12.2 Å². The molecule has 0 saturated carbocycles. The average Bonchev–Trinajstić information content (AvgIpc) is 3.08. The van der Waals surface area contributed by atoms with Gasteiger partial charge in [0, 0.05) is 32.4 Å². The molecule has 1 saturated heterocycles. The number of aliphatic imine (C=N–C) groups is 1. The molecule has 11 heteroatoms. The molecule has 4 N–H and O–H groups in total. The molecule has 0 aromatic carbocycles. The zero-order valence-electron chi connectivity index (χ0n) is 17.1. The highest BCUT2D eigenvalue weighted by Crippen LogP contribution is 2.34. The number of nitrogens with two attached hydrogens (primary N) is 1. The Balaban J connectivity index is 1.52. The summed E-state index contributed by atoms with van der Waals surface area (Å²) in [5, 5.41) is 9.77. The summed E-state index contributed by atoms with van der Waals surface area (Å²) >= 11 is 5.27. The fraction of sp³-hybridized carbons (Fsp3) is 0.526. The number of imidazole rings is 1. The minimum atomic E-state index is -0.784. The third kappa shape index (κ3) is 3.58. The van der Waals surface area contributed by atoms with Gasteiger partial charge in [-0.25, -0.2) is 19.8 Å². The van der Waals surface area contributed by atoms with Crippen LogP contribution >= 0.6 is 12.2 Å². The monoisotopic (exact) mass is 430 g/mol. The highest BCUT2D eigenvalue weighted by molar-refractivity contribution is 7.80. The van der Waals surface area contributed by atoms with Crippen molar-refractivity contribution in [2.75, 3.05) is 35.7 Å². The van der Waals surface area contributed by atoms with Crippen LogP contribution in [0.15, 0.2) is 16.1 Å². The number of H-pyrrole nitrogens is 1. The second-order valence-electron chi connectivity index (χ2n) is 7.67. The Labute approximate surface area is 179 Å². The maximum absolute atomic E-state index is 12.5. The molecular weight excluding hydrogens is 404 g/mol. The number of likely N-dealkylation sites (N-methyl/N-ethyl adjacent to an activating group) is 1. The van der Waals surface area contributed by atoms with E-state index in [2.05, 4.69) is 24.8 Å². The van der Waals surface area contributed by atoms with Gasteiger partial charge in [0.2, 0.25) is 0 Å². The summed E-state index contributed by atoms with van der Waals surface area (Å²) in [5.74, 6) is 1.81. The summed E-state index contributed by atoms with van der Waals surface area (Å²) < 4.78 is 1.88. The van der Waals surface area contributed by atoms with Crippen molar-refractivity contribution < 1.29 is 5.11 Å². The molecule has 4 heterocycles. The zero-order chi connectivity index (χ0) is 21.4. The standard InChI is InChI=1S/C19H26N8O2S/c1-11(28)18(30)25(2)16-14(20)17(23-10-22-16)26-8-5-12(6-9-26)27-13-4-3-7-21-15(13)24-19(27)29/h7,10-12,28H,3-6,8-9,20H2,1-2H3,(H,24,29). The van der Waals surface area contributed by atoms with E-state index in [1.807, 2.05) is 10.8 Å². The number of rotatable bonds is 4. The Morgan fingerprint density at radius 1 is 1.40 bits per heavy atom. The number of hydrogen-bond donors (Lipinski definition) is 3. The van der Waals surface area contributed by atoms with Gasteiger partial charge in [-0.2, -0.15) is 0 Å². The predicted molar refractivity (Wildman–Crippen MR) is 121 cm³/mol. The number of nitrogen functional groups attached to an aromatic ring is 1. The maximum atomic E-state index is 12.5. The third-order valence-electron chi connectivity index (χ3n) is 5.72. The molecule has 2 aromatic heterocycles. The first-order valence-corrected chi connectivity index (χ1v) is 10.5. The molecule has 0 spiro atoms. The summed E-state index contributed by atoms with van der Waals surface area (Å²) in [7, 11) is 1.73. The first-order valence-electron chi connectivity index (χ1n) is 10.1. The molecule has 0 bridgehead atoms. The Morgan fingerprint density at radius 2 is 2.13 bits per heavy atom. The molecule has 2 aliphatic heterocycles. The number of thiocarbonyl (C=S) groups is 1. The van der Waals surface area contributed by atoms with Crippen LogP contribution in [-0.2, 0) is 6.42 Å². The molecule has 4 rings (SSSR count). The molecule has 0 amide bonds. The number of hydrogen-bond acceptors (Lipinski definition) is 8. The van der Waals surface area contributed by atoms with Crippen molar-refractivity contribution >= 4 is 46.6 Å². The summed E-state index contributed by atoms with van der Waals surface area (Å²) in [6.45, 7) is 3.03. The van der Waals surface area contributed by atoms with E-state index < -0.39 is 6.10 Å². The second kappa shape index (κ2) is 8.15. The minimum Gasteiger partial charge on any atom is -0.393 e. The lowest BCUT2D eigenvalue weighted by Crippen LogP contribution is -2.39. The lowest BCUT2D eigenvalue weighted by molar-refractivity contribution is 0.263. The molecule has 1 fully saturated rings. The van der Waals surface area contributed by atoms with Crippen LogP contribution in [0.3, 0.4) is 0 Å². The Hall–Kier alpha value is -2.79. The van der Waals surface area contributed by atoms with E-state index in [-0.39, 0.29) is 11.7 Å². The first kappa shape index (κ1) is 20.5. The van der Waals surface area contributed by atoms with Gasteiger partial charge in [0.1, 0.15) is 23.1 Å². The number of aromatic nitrogens is 4. The van der Waals surface area contributed by atoms with Crippen LogP contribution in [0.2, 0.25) is 0 Å². The van der Waals surface area contributed by atoms with Gasteiger partial charge in [-0.15, -0.1) is 0 Å². The van der Waals surface area contributed by atoms with Gasteiger partial charge in [0.25, 0.3) is 0 Å². The normalized spacial score (nSPS) is 17.6. The number of nitrogens with one attached hydrogen (secondary N) is 1. The van der Waals surface area contributed by atoms with Crippen molar-refractivity contribution in [1.29, 1.82) is 0 Å². The fourth-order valence-corrected chi connectivity index (χ4v) is 4.26. The summed E-state index contributed by atoms with van der Waals surface area (Å²) in [4.78, 5) is 32.4. The Morgan fingerprint density at radius 3 is 2.83 bits per heavy atom. The largest absolute Gasteiger partial charge is 0.393 e. The molecule has 10 nitrogen and oxygen atoms in total. The number of aliphatic hydroxyl groups is 1. The minimum absolute atomic E-state index is 0.0883. The van der Waals surface area contributed by atoms with Gasteiger partial charge in [-0.3, -0.25) is 9.55 Å². The van der Waals surface area contributed by atoms with E-state index in [9.17, 15) is 9.90 Å². The van der Waals surface area contributed by atoms with Crippen LogP contribution < -0.4 is 21.2 Å². The van der Waals surface area contributed by atoms with Gasteiger partial charge >= 0.3 is 5.69 Å². The molecule has 0 radical (unpaired) electrons. The first-order chi connectivity index (χ1) is 14.4. The Bertz CT molecular complexity index is 1040. The lowest BCUT2D eigenvalue weighted by Gasteiger charge is -2.35. The van der Waals surface area contributed by atoms with Crippen molar-refractivity contribution in [2.45, 2.75) is 44.8 Å². The molecule has 160 valence electrons. The molecule has 30 heavy (non-hydrogen) atoms. The van der Waals surface area contributed by atoms with Crippen molar-refractivity contribution in [3.05, 3.63) is 22.5 Å². The average molecular weight is 431 g/mol. The molecular formula is C19H26N8O2S. The van der Waals surface area contributed by atoms with E-state index in [0.717, 1.165) is 31.4 Å². The van der Waals surface area contributed by atoms with Crippen LogP contribution in [0.5, 0.6) is 0 Å². The van der Waals surface area contributed by atoms with Crippen molar-refractivity contribution in [2.24, 2.45) is 4.99 Å². The SMILES string of the molecule is CC(O)C(=S)N(C)c1ncnc(N2CCC(n3c4c([nH]c3=O)N=CCC4)CC2)c1N. The molecule has 2 aliphatic rings. The van der Waals surface area contributed by atoms with Crippen LogP contribution in [0, 0.1) is 0 Å². The fourth-order valence-electron chi connectivity index (χ4n) is 4.18. The van der Waals surface area contributed by atoms with E-state index in [4.69, 9.17) is 18.0 Å². The Kier molecular flexibility index (Phi) is 5.56. The number of anilines is 3. The molecule has 2 aromatic rings. The summed E-state index contributed by atoms with van der Waals surface area (Å²) in [6.07, 6.45) is 5.80. The van der Waals surface area contributed by atoms with E-state index in [1.54, 1.807) is 18.9 Å². The van der Waals surface area contributed by atoms with Crippen molar-refractivity contribution in [1.82, 2.24) is 19.5 Å². The van der Waals surface area contributed by atoms with Crippen molar-refractivity contribution in [3.63, 3.8) is 0 Å². The number of fused-ring (bicyclic) bond motifs is 1. The van der Waals surface area contributed by atoms with Crippen molar-refractivity contribution in [3.8, 4) is 0 Å². The maximum Gasteiger partial charge on any atom is 0.327 e. The number of nitrogens with zero attached hydrogens (tertiary/aromatic N) is 6. The topological polar surface area (TPSA) is 129 Å². The lowest BCUT2D eigenvalue weighted by atomic mass is 10.0. The van der Waals surface area contributed by atoms with Gasteiger partial charge in [-0.05, 0) is 32.6 Å². The summed E-state index contributed by atoms with van der Waals surface area (Å²) in [6, 6.07) is 0.120. The highest BCUT2D eigenvalue weighted by Gasteiger charge is 2.28. The third-order valence-corrected chi connectivity index (χ3v) is 6.33. The second-order valence-corrected chi connectivity index (χ2v) is 8.09. The number of piperidine rings is 1. The summed E-state index contributed by atoms with van der Waals surface area (Å²) in [5.41, 5.74) is 7.70. The van der Waals surface area contributed by atoms with Crippen LogP contribution in [0.1, 0.15) is 37.9 Å². The highest BCUT2D eigenvalue weighted by atomic mass is 32.1. The quantitative estimate of drug-likeness (QED) is 0.617. The van der Waals surface area contributed by atoms with Crippen LogP contribution in [0.25, 0.3) is 0 Å². The van der Waals surface area contributed by atoms with Crippen LogP contribution in [0.4, 0.5) is 23.1 Å². The van der Waals surface area contributed by atoms with E-state index >= 15 is 0 Å². The molecule has 1 unspecified atom stereocenters. The number of aliphatic hydroxyl groups excluding tert-OH is 1. The predicted octanol–water partition coefficient (Wildman–Crippen LogP) is 1.18. The van der Waals surface area contributed by atoms with Crippen LogP contribution in [-0.4, -0.2) is 62.1 Å². The van der Waals surface area contributed by atoms with Gasteiger partial charge in [0.15, 0.2) is 17.5 Å². The molecule has 1 atom stereocenters. The number of aromatic amines is 1. The van der Waals surface area contributed by atoms with Gasteiger partial charge in [0.05, 0.1) is 5.69 Å². The zero-order valence-corrected chi connectivity index (χ0v) is 17.9.